The maximum Gasteiger partial charge on any atom is 0.330 e. The van der Waals surface area contributed by atoms with Crippen LogP contribution in [0, 0.1) is 0 Å². The van der Waals surface area contributed by atoms with E-state index in [0.717, 1.165) is 16.8 Å². The molecule has 1 aromatic heterocycles. The van der Waals surface area contributed by atoms with Crippen LogP contribution >= 0.6 is 15.6 Å². The summed E-state index contributed by atoms with van der Waals surface area (Å²) in [6.07, 6.45) is -5.45. The second-order valence-electron chi connectivity index (χ2n) is 6.68. The molecule has 1 fully saturated rings. The summed E-state index contributed by atoms with van der Waals surface area (Å²) in [5.41, 5.74) is 3.55. The number of aliphatic hydroxyl groups is 2. The lowest BCUT2D eigenvalue weighted by Crippen LogP contribution is -2.37. The fourth-order valence-corrected chi connectivity index (χ4v) is 4.66. The normalized spacial score (nSPS) is 25.5. The Labute approximate surface area is 198 Å². The van der Waals surface area contributed by atoms with Gasteiger partial charge in [0.05, 0.1) is 39.6 Å². The van der Waals surface area contributed by atoms with Gasteiger partial charge in [0.25, 0.3) is 21.2 Å². The van der Waals surface area contributed by atoms with Gasteiger partial charge in [-0.15, -0.1) is 0 Å². The van der Waals surface area contributed by atoms with Gasteiger partial charge in [0.2, 0.25) is 0 Å². The summed E-state index contributed by atoms with van der Waals surface area (Å²) in [7, 11) is -10.9. The Kier molecular flexibility index (Phi) is 13.0. The van der Waals surface area contributed by atoms with Gasteiger partial charge in [0, 0.05) is 18.8 Å². The maximum atomic E-state index is 11.8. The summed E-state index contributed by atoms with van der Waals surface area (Å²) in [4.78, 5) is 48.4. The summed E-state index contributed by atoms with van der Waals surface area (Å²) >= 11 is 0. The van der Waals surface area contributed by atoms with Gasteiger partial charge in [0.1, 0.15) is 18.3 Å². The molecule has 1 saturated heterocycles. The number of rotatable bonds is 15. The molecule has 0 aliphatic carbocycles. The van der Waals surface area contributed by atoms with Crippen molar-refractivity contribution in [3.8, 4) is 0 Å². The molecule has 6 atom stereocenters. The van der Waals surface area contributed by atoms with Crippen LogP contribution in [0.3, 0.4) is 0 Å². The summed E-state index contributed by atoms with van der Waals surface area (Å²) < 4.78 is 52.2. The van der Waals surface area contributed by atoms with Crippen LogP contribution in [-0.4, -0.2) is 84.3 Å². The first kappa shape index (κ1) is 31.7. The van der Waals surface area contributed by atoms with Crippen molar-refractivity contribution in [2.45, 2.75) is 24.5 Å². The third-order valence-electron chi connectivity index (χ3n) is 4.17. The van der Waals surface area contributed by atoms with E-state index in [1.807, 2.05) is 4.98 Å². The number of aliphatic hydroxyl groups excluding tert-OH is 2. The summed E-state index contributed by atoms with van der Waals surface area (Å²) in [5.74, 6) is 0. The lowest BCUT2D eigenvalue weighted by Gasteiger charge is -2.31. The molecular weight excluding hydrogens is 522 g/mol. The van der Waals surface area contributed by atoms with Crippen LogP contribution in [0.25, 0.3) is 0 Å². The first-order chi connectivity index (χ1) is 16.0. The molecule has 9 N–H and O–H groups in total. The van der Waals surface area contributed by atoms with Gasteiger partial charge < -0.3 is 55.1 Å². The molecule has 18 nitrogen and oxygen atoms in total. The highest BCUT2D eigenvalue weighted by molar-refractivity contribution is 7.59. The molecule has 6 unspecified atom stereocenters. The monoisotopic (exact) mass is 551 g/mol. The topological polar surface area (TPSA) is 293 Å². The molecule has 1 aliphatic rings. The Morgan fingerprint density at radius 3 is 2.26 bits per heavy atom. The van der Waals surface area contributed by atoms with Crippen LogP contribution in [0.15, 0.2) is 21.9 Å². The van der Waals surface area contributed by atoms with Crippen molar-refractivity contribution in [2.24, 2.45) is 5.73 Å². The minimum atomic E-state index is -5.51. The second-order valence-corrected chi connectivity index (χ2v) is 9.64. The van der Waals surface area contributed by atoms with Crippen LogP contribution in [0.2, 0.25) is 0 Å². The zero-order chi connectivity index (χ0) is 25.4. The fraction of sp³-hybridized carbons (Fsp3) is 0.733. The average molecular weight is 551 g/mol. The number of phosphoric acid groups is 2. The number of nitrogens with one attached hydrogen (secondary N) is 1. The number of aromatic amines is 1. The molecule has 2 rings (SSSR count). The Bertz CT molecular complexity index is 989. The molecule has 35 heavy (non-hydrogen) atoms. The highest BCUT2D eigenvalue weighted by atomic mass is 31.3. The van der Waals surface area contributed by atoms with Gasteiger partial charge in [-0.2, -0.15) is 0 Å². The van der Waals surface area contributed by atoms with Gasteiger partial charge in [0.15, 0.2) is 6.23 Å². The first-order valence-corrected chi connectivity index (χ1v) is 12.7. The van der Waals surface area contributed by atoms with Gasteiger partial charge in [-0.3, -0.25) is 23.5 Å². The number of nitrogens with two attached hydrogens (primary N) is 1. The minimum Gasteiger partial charge on any atom is -0.756 e. The van der Waals surface area contributed by atoms with Crippen LogP contribution < -0.4 is 32.9 Å². The minimum absolute atomic E-state index is 0. The average Bonchev–Trinajstić information content (AvgIpc) is 3.02. The van der Waals surface area contributed by atoms with Crippen LogP contribution in [0.4, 0.5) is 0 Å². The number of phosphoric ester groups is 2. The molecule has 204 valence electrons. The Morgan fingerprint density at radius 2 is 1.63 bits per heavy atom. The highest BCUT2D eigenvalue weighted by Gasteiger charge is 2.44. The number of ether oxygens (including phenoxy) is 3. The predicted molar refractivity (Wildman–Crippen MR) is 112 cm³/mol. The molecule has 0 spiro atoms. The lowest BCUT2D eigenvalue weighted by molar-refractivity contribution is -0.245. The van der Waals surface area contributed by atoms with E-state index in [1.165, 1.54) is 0 Å². The third kappa shape index (κ3) is 10.3. The van der Waals surface area contributed by atoms with Crippen LogP contribution in [0.1, 0.15) is 6.23 Å². The quantitative estimate of drug-likeness (QED) is 0.104. The van der Waals surface area contributed by atoms with E-state index in [1.54, 1.807) is 0 Å². The zero-order valence-electron chi connectivity index (χ0n) is 18.6. The molecule has 1 aliphatic heterocycles. The van der Waals surface area contributed by atoms with Crippen molar-refractivity contribution >= 4 is 15.6 Å². The number of nitrogens with zero attached hydrogens (tertiary/aromatic N) is 1. The van der Waals surface area contributed by atoms with E-state index in [-0.39, 0.29) is 26.0 Å². The van der Waals surface area contributed by atoms with Gasteiger partial charge in [-0.1, -0.05) is 0 Å². The number of quaternary nitrogens is 1. The molecular formula is C15H29N4O14P2-. The Hall–Kier alpha value is -1.34. The largest absolute Gasteiger partial charge is 0.756 e. The summed E-state index contributed by atoms with van der Waals surface area (Å²) in [5, 5.41) is 20.1. The molecule has 2 heterocycles. The molecule has 0 bridgehead atoms. The molecule has 0 saturated carbocycles. The second kappa shape index (κ2) is 14.4. The van der Waals surface area contributed by atoms with E-state index >= 15 is 0 Å². The van der Waals surface area contributed by atoms with Crippen LogP contribution in [-0.2, 0) is 36.7 Å². The van der Waals surface area contributed by atoms with Gasteiger partial charge in [-0.05, 0) is 0 Å². The molecule has 0 amide bonds. The predicted octanol–water partition coefficient (Wildman–Crippen LogP) is -3.49. The van der Waals surface area contributed by atoms with Crippen molar-refractivity contribution in [3.63, 3.8) is 0 Å². The van der Waals surface area contributed by atoms with Crippen molar-refractivity contribution in [1.29, 1.82) is 0 Å². The number of aromatic nitrogens is 2. The summed E-state index contributed by atoms with van der Waals surface area (Å²) in [6, 6.07) is 0.958. The first-order valence-electron chi connectivity index (χ1n) is 9.77. The highest BCUT2D eigenvalue weighted by Crippen LogP contribution is 2.55. The standard InChI is InChI=1S/C15H27N3O14P2.H3N/c16-2-4-27-5-6-28-7-8-29-33(23,24)32-34(25,26)30-9-10-12(20)13(21)14(31-10)18-3-1-11(19)17-15(18)22;/h1,3,10,12-14,20-21H,2,4-9,16H2,(H,23,24)(H,25,26)(H,17,19,22);1H3/p-1. The molecule has 1 aromatic rings. The fourth-order valence-electron chi connectivity index (χ4n) is 2.67. The van der Waals surface area contributed by atoms with E-state index in [2.05, 4.69) is 13.4 Å². The molecule has 0 radical (unpaired) electrons. The lowest BCUT2D eigenvalue weighted by atomic mass is 10.1. The maximum absolute atomic E-state index is 11.8. The number of H-pyrrole nitrogens is 1. The van der Waals surface area contributed by atoms with Crippen molar-refractivity contribution in [2.75, 3.05) is 46.2 Å². The van der Waals surface area contributed by atoms with Crippen molar-refractivity contribution in [1.82, 2.24) is 15.7 Å². The van der Waals surface area contributed by atoms with E-state index in [9.17, 15) is 38.7 Å². The number of hydrogen-bond acceptors (Lipinski definition) is 15. The number of hydrogen-bond donors (Lipinski definition) is 5. The Balaban J connectivity index is 0.00000612. The third-order valence-corrected chi connectivity index (χ3v) is 6.73. The molecule has 20 heteroatoms. The molecule has 0 aromatic carbocycles. The van der Waals surface area contributed by atoms with Crippen LogP contribution in [0.5, 0.6) is 0 Å². The van der Waals surface area contributed by atoms with Crippen molar-refractivity contribution < 1.29 is 56.7 Å². The smallest absolute Gasteiger partial charge is 0.330 e. The SMILES string of the molecule is NCCOCCOCCOP(=O)([O-])OP(=O)([O-])OCC1OC(n2ccc(=O)[nH]c2=O)C(O)C1O.[NH4+]. The zero-order valence-corrected chi connectivity index (χ0v) is 20.4. The van der Waals surface area contributed by atoms with E-state index in [4.69, 9.17) is 19.9 Å². The van der Waals surface area contributed by atoms with Crippen molar-refractivity contribution in [3.05, 3.63) is 33.1 Å². The van der Waals surface area contributed by atoms with Gasteiger partial charge in [-0.25, -0.2) is 9.11 Å². The van der Waals surface area contributed by atoms with E-state index < -0.39 is 64.6 Å². The summed E-state index contributed by atoms with van der Waals surface area (Å²) in [6.45, 7) is -0.734. The van der Waals surface area contributed by atoms with E-state index in [0.29, 0.717) is 13.2 Å². The Morgan fingerprint density at radius 1 is 1.03 bits per heavy atom. The van der Waals surface area contributed by atoms with Gasteiger partial charge >= 0.3 is 5.69 Å².